The summed E-state index contributed by atoms with van der Waals surface area (Å²) >= 11 is 0. The second kappa shape index (κ2) is 22.7. The third-order valence-corrected chi connectivity index (χ3v) is 0.330. The predicted octanol–water partition coefficient (Wildman–Crippen LogP) is -0.163. The average Bonchev–Trinajstić information content (AvgIpc) is 2.07. The summed E-state index contributed by atoms with van der Waals surface area (Å²) in [6.07, 6.45) is 3.51. The largest absolute Gasteiger partial charge is 0.279 e. The molecule has 7 heteroatoms. The number of aliphatic imine (C=N–C) groups is 1. The summed E-state index contributed by atoms with van der Waals surface area (Å²) in [6, 6.07) is 0. The molecule has 0 aliphatic carbocycles. The molecule has 13 heavy (non-hydrogen) atoms. The van der Waals surface area contributed by atoms with Gasteiger partial charge in [-0.1, -0.05) is 6.58 Å². The number of isocyanates is 3. The summed E-state index contributed by atoms with van der Waals surface area (Å²) in [5.74, 6) is -0.657. The number of hydrogen-bond acceptors (Lipinski definition) is 6. The van der Waals surface area contributed by atoms with E-state index in [1.54, 1.807) is 0 Å². The lowest BCUT2D eigenvalue weighted by Gasteiger charge is -1.66. The molecule has 0 saturated carbocycles. The smallest absolute Gasteiger partial charge is 0.267 e. The quantitative estimate of drug-likeness (QED) is 0.332. The molecular formula is C6H5N3O4. The van der Waals surface area contributed by atoms with Gasteiger partial charge in [0, 0.05) is 0 Å². The van der Waals surface area contributed by atoms with Gasteiger partial charge in [0.2, 0.25) is 18.2 Å². The van der Waals surface area contributed by atoms with Crippen molar-refractivity contribution >= 4 is 24.1 Å². The van der Waals surface area contributed by atoms with Crippen LogP contribution in [0.15, 0.2) is 17.6 Å². The lowest BCUT2D eigenvalue weighted by atomic mass is 10.6. The van der Waals surface area contributed by atoms with Crippen LogP contribution in [-0.4, -0.2) is 24.1 Å². The molecule has 7 nitrogen and oxygen atoms in total. The first kappa shape index (κ1) is 16.9. The van der Waals surface area contributed by atoms with Crippen LogP contribution >= 0.6 is 0 Å². The van der Waals surface area contributed by atoms with Crippen LogP contribution in [-0.2, 0) is 19.2 Å². The molecule has 1 amide bonds. The van der Waals surface area contributed by atoms with Crippen LogP contribution in [0, 0.1) is 10.8 Å². The van der Waals surface area contributed by atoms with Gasteiger partial charge >= 0.3 is 0 Å². The first-order valence-corrected chi connectivity index (χ1v) is 2.46. The Labute approximate surface area is 72.8 Å². The molecule has 2 N–H and O–H groups in total. The van der Waals surface area contributed by atoms with E-state index >= 15 is 0 Å². The normalized spacial score (nSPS) is 4.62. The van der Waals surface area contributed by atoms with Gasteiger partial charge in [-0.3, -0.25) is 4.79 Å². The highest BCUT2D eigenvalue weighted by atomic mass is 16.2. The Morgan fingerprint density at radius 3 is 1.62 bits per heavy atom. The second-order valence-electron chi connectivity index (χ2n) is 0.950. The van der Waals surface area contributed by atoms with Gasteiger partial charge in [-0.05, 0) is 6.08 Å². The summed E-state index contributed by atoms with van der Waals surface area (Å²) in [5.41, 5.74) is 0. The van der Waals surface area contributed by atoms with E-state index in [9.17, 15) is 9.59 Å². The van der Waals surface area contributed by atoms with E-state index in [1.165, 1.54) is 0 Å². The molecule has 0 aromatic heterocycles. The molecule has 0 unspecified atom stereocenters. The highest BCUT2D eigenvalue weighted by Crippen LogP contribution is 1.68. The molecule has 0 aromatic rings. The molecule has 0 bridgehead atoms. The van der Waals surface area contributed by atoms with Crippen molar-refractivity contribution < 1.29 is 19.2 Å². The number of carbonyl (C=O) groups is 1. The van der Waals surface area contributed by atoms with Crippen molar-refractivity contribution in [2.24, 2.45) is 4.99 Å². The zero-order valence-electron chi connectivity index (χ0n) is 6.36. The van der Waals surface area contributed by atoms with E-state index in [2.05, 4.69) is 11.6 Å². The molecule has 0 fully saturated rings. The zero-order chi connectivity index (χ0) is 11.1. The number of amides is 1. The standard InChI is InChI=1S/C4H3NO2.2CHNO/c1-2-4(7)5-3-6;2*2-1-3/h2H,1H2;2*2H. The Morgan fingerprint density at radius 2 is 1.54 bits per heavy atom. The molecule has 0 saturated heterocycles. The van der Waals surface area contributed by atoms with E-state index in [-0.39, 0.29) is 0 Å². The number of carbonyl (C=O) groups excluding carboxylic acids is 4. The minimum atomic E-state index is -0.657. The molecule has 0 aliphatic heterocycles. The SMILES string of the molecule is C=CC(=O)N=C=O.N=C=O.N=C=O. The van der Waals surface area contributed by atoms with E-state index in [0.717, 1.165) is 24.3 Å². The van der Waals surface area contributed by atoms with E-state index in [4.69, 9.17) is 20.4 Å². The molecule has 0 atom stereocenters. The first-order chi connectivity index (χ1) is 6.14. The van der Waals surface area contributed by atoms with Crippen LogP contribution in [0.3, 0.4) is 0 Å². The number of rotatable bonds is 1. The fraction of sp³-hybridized carbons (Fsp3) is 0. The van der Waals surface area contributed by atoms with Crippen LogP contribution in [0.4, 0.5) is 0 Å². The van der Waals surface area contributed by atoms with Crippen LogP contribution in [0.25, 0.3) is 0 Å². The monoisotopic (exact) mass is 183 g/mol. The lowest BCUT2D eigenvalue weighted by molar-refractivity contribution is -0.113. The van der Waals surface area contributed by atoms with Gasteiger partial charge in [0.15, 0.2) is 0 Å². The molecule has 0 spiro atoms. The highest BCUT2D eigenvalue weighted by molar-refractivity contribution is 5.90. The second-order valence-corrected chi connectivity index (χ2v) is 0.950. The number of hydrogen-bond donors (Lipinski definition) is 2. The number of nitrogens with zero attached hydrogens (tertiary/aromatic N) is 1. The van der Waals surface area contributed by atoms with Crippen molar-refractivity contribution in [1.82, 2.24) is 0 Å². The topological polar surface area (TPSA) is 128 Å². The van der Waals surface area contributed by atoms with Crippen molar-refractivity contribution in [1.29, 1.82) is 10.8 Å². The van der Waals surface area contributed by atoms with Crippen LogP contribution in [0.1, 0.15) is 0 Å². The van der Waals surface area contributed by atoms with Gasteiger partial charge in [-0.15, -0.1) is 4.99 Å². The molecule has 0 radical (unpaired) electrons. The summed E-state index contributed by atoms with van der Waals surface area (Å²) in [5, 5.41) is 10.8. The Hall–Kier alpha value is -2.45. The summed E-state index contributed by atoms with van der Waals surface area (Å²) in [6.45, 7) is 3.06. The van der Waals surface area contributed by atoms with Crippen molar-refractivity contribution in [3.8, 4) is 0 Å². The van der Waals surface area contributed by atoms with Crippen molar-refractivity contribution in [3.05, 3.63) is 12.7 Å². The van der Waals surface area contributed by atoms with E-state index in [1.807, 2.05) is 0 Å². The average molecular weight is 183 g/mol. The zero-order valence-corrected chi connectivity index (χ0v) is 6.36. The fourth-order valence-corrected chi connectivity index (χ4v) is 0.0906. The van der Waals surface area contributed by atoms with Gasteiger partial charge in [-0.25, -0.2) is 25.2 Å². The van der Waals surface area contributed by atoms with Crippen molar-refractivity contribution in [3.63, 3.8) is 0 Å². The van der Waals surface area contributed by atoms with Gasteiger partial charge in [0.05, 0.1) is 0 Å². The molecule has 0 rings (SSSR count). The van der Waals surface area contributed by atoms with Crippen LogP contribution in [0.2, 0.25) is 0 Å². The Kier molecular flexibility index (Phi) is 29.4. The van der Waals surface area contributed by atoms with E-state index < -0.39 is 5.91 Å². The highest BCUT2D eigenvalue weighted by Gasteiger charge is 1.81. The van der Waals surface area contributed by atoms with Gasteiger partial charge < -0.3 is 0 Å². The Balaban J connectivity index is -0.000000140. The molecule has 0 aliphatic rings. The number of nitrogens with one attached hydrogen (secondary N) is 2. The molecular weight excluding hydrogens is 178 g/mol. The molecule has 0 aromatic carbocycles. The minimum absolute atomic E-state index is 0.657. The summed E-state index contributed by atoms with van der Waals surface area (Å²) in [7, 11) is 0. The summed E-state index contributed by atoms with van der Waals surface area (Å²) in [4.78, 5) is 38.5. The van der Waals surface area contributed by atoms with Crippen molar-refractivity contribution in [2.75, 3.05) is 0 Å². The third kappa shape index (κ3) is 83.7. The lowest BCUT2D eigenvalue weighted by Crippen LogP contribution is -1.80. The third-order valence-electron chi connectivity index (χ3n) is 0.330. The maximum absolute atomic E-state index is 9.86. The fourth-order valence-electron chi connectivity index (χ4n) is 0.0906. The van der Waals surface area contributed by atoms with E-state index in [0.29, 0.717) is 0 Å². The van der Waals surface area contributed by atoms with Crippen LogP contribution in [0.5, 0.6) is 0 Å². The predicted molar refractivity (Wildman–Crippen MR) is 40.2 cm³/mol. The Bertz CT molecular complexity index is 254. The van der Waals surface area contributed by atoms with Gasteiger partial charge in [0.1, 0.15) is 0 Å². The first-order valence-electron chi connectivity index (χ1n) is 2.46. The molecule has 68 valence electrons. The van der Waals surface area contributed by atoms with Gasteiger partial charge in [-0.2, -0.15) is 0 Å². The maximum Gasteiger partial charge on any atom is 0.279 e. The Morgan fingerprint density at radius 1 is 1.23 bits per heavy atom. The maximum atomic E-state index is 9.86. The van der Waals surface area contributed by atoms with Crippen molar-refractivity contribution in [2.45, 2.75) is 0 Å². The minimum Gasteiger partial charge on any atom is -0.267 e. The molecule has 0 heterocycles. The summed E-state index contributed by atoms with van der Waals surface area (Å²) < 4.78 is 0. The van der Waals surface area contributed by atoms with Gasteiger partial charge in [0.25, 0.3) is 5.91 Å². The van der Waals surface area contributed by atoms with Crippen LogP contribution < -0.4 is 0 Å².